The number of rotatable bonds is 3. The summed E-state index contributed by atoms with van der Waals surface area (Å²) in [6.45, 7) is 2.08. The molecule has 2 aromatic rings. The number of halogens is 2. The Morgan fingerprint density at radius 1 is 1.26 bits per heavy atom. The molecule has 0 aliphatic heterocycles. The van der Waals surface area contributed by atoms with Crippen molar-refractivity contribution in [3.05, 3.63) is 61.7 Å². The minimum Gasteiger partial charge on any atom is -0.495 e. The average molecular weight is 388 g/mol. The predicted octanol–water partition coefficient (Wildman–Crippen LogP) is 4.31. The van der Waals surface area contributed by atoms with Gasteiger partial charge in [0.25, 0.3) is 0 Å². The van der Waals surface area contributed by atoms with E-state index in [1.165, 1.54) is 9.13 Å². The molecule has 0 spiro atoms. The molecule has 0 saturated carbocycles. The Labute approximate surface area is 132 Å². The third-order valence-electron chi connectivity index (χ3n) is 3.09. The van der Waals surface area contributed by atoms with E-state index in [-0.39, 0.29) is 6.04 Å². The standard InChI is InChI=1S/C15H15ClINO/c1-9-4-3-5-11(14(9)17)15(18)10-6-7-12(16)13(8-10)19-2/h3-8,15H,18H2,1-2H3. The van der Waals surface area contributed by atoms with Crippen molar-refractivity contribution in [1.82, 2.24) is 0 Å². The number of hydrogen-bond donors (Lipinski definition) is 1. The highest BCUT2D eigenvalue weighted by Gasteiger charge is 2.14. The molecule has 100 valence electrons. The topological polar surface area (TPSA) is 35.2 Å². The summed E-state index contributed by atoms with van der Waals surface area (Å²) in [7, 11) is 1.60. The van der Waals surface area contributed by atoms with E-state index in [0.29, 0.717) is 10.8 Å². The van der Waals surface area contributed by atoms with Crippen LogP contribution in [0.3, 0.4) is 0 Å². The Bertz CT molecular complexity index is 601. The monoisotopic (exact) mass is 387 g/mol. The molecule has 0 amide bonds. The largest absolute Gasteiger partial charge is 0.495 e. The van der Waals surface area contributed by atoms with Crippen LogP contribution in [0.4, 0.5) is 0 Å². The zero-order valence-electron chi connectivity index (χ0n) is 10.8. The zero-order valence-corrected chi connectivity index (χ0v) is 13.7. The Morgan fingerprint density at radius 2 is 2.00 bits per heavy atom. The molecule has 2 aromatic carbocycles. The van der Waals surface area contributed by atoms with E-state index in [4.69, 9.17) is 22.1 Å². The third-order valence-corrected chi connectivity index (χ3v) is 4.88. The second-order valence-electron chi connectivity index (χ2n) is 4.35. The maximum absolute atomic E-state index is 6.36. The average Bonchev–Trinajstić information content (AvgIpc) is 2.41. The summed E-state index contributed by atoms with van der Waals surface area (Å²) in [5.74, 6) is 0.650. The summed E-state index contributed by atoms with van der Waals surface area (Å²) in [5.41, 5.74) is 9.69. The first-order valence-corrected chi connectivity index (χ1v) is 7.34. The van der Waals surface area contributed by atoms with Gasteiger partial charge in [0.2, 0.25) is 0 Å². The van der Waals surface area contributed by atoms with Gasteiger partial charge in [-0.25, -0.2) is 0 Å². The molecule has 0 radical (unpaired) electrons. The van der Waals surface area contributed by atoms with Crippen molar-refractivity contribution in [1.29, 1.82) is 0 Å². The van der Waals surface area contributed by atoms with Gasteiger partial charge in [0.1, 0.15) is 5.75 Å². The maximum Gasteiger partial charge on any atom is 0.137 e. The highest BCUT2D eigenvalue weighted by atomic mass is 127. The van der Waals surface area contributed by atoms with Crippen molar-refractivity contribution in [3.63, 3.8) is 0 Å². The molecular formula is C15H15ClINO. The van der Waals surface area contributed by atoms with Crippen molar-refractivity contribution in [2.75, 3.05) is 7.11 Å². The molecule has 2 rings (SSSR count). The minimum atomic E-state index is -0.182. The minimum absolute atomic E-state index is 0.182. The van der Waals surface area contributed by atoms with Crippen molar-refractivity contribution in [2.45, 2.75) is 13.0 Å². The fraction of sp³-hybridized carbons (Fsp3) is 0.200. The lowest BCUT2D eigenvalue weighted by Gasteiger charge is -2.17. The second kappa shape index (κ2) is 6.11. The fourth-order valence-electron chi connectivity index (χ4n) is 1.96. The van der Waals surface area contributed by atoms with Crippen LogP contribution in [-0.4, -0.2) is 7.11 Å². The van der Waals surface area contributed by atoms with E-state index in [9.17, 15) is 0 Å². The normalized spacial score (nSPS) is 12.3. The molecule has 0 bridgehead atoms. The van der Waals surface area contributed by atoms with Crippen LogP contribution in [0.15, 0.2) is 36.4 Å². The number of hydrogen-bond acceptors (Lipinski definition) is 2. The Morgan fingerprint density at radius 3 is 2.68 bits per heavy atom. The zero-order chi connectivity index (χ0) is 14.0. The summed E-state index contributed by atoms with van der Waals surface area (Å²) in [6, 6.07) is 11.6. The number of ether oxygens (including phenoxy) is 1. The lowest BCUT2D eigenvalue weighted by Crippen LogP contribution is -2.14. The first kappa shape index (κ1) is 14.6. The molecule has 19 heavy (non-hydrogen) atoms. The molecule has 1 atom stereocenters. The van der Waals surface area contributed by atoms with Crippen LogP contribution in [-0.2, 0) is 0 Å². The van der Waals surface area contributed by atoms with Crippen LogP contribution in [0.5, 0.6) is 5.75 Å². The van der Waals surface area contributed by atoms with Crippen LogP contribution < -0.4 is 10.5 Å². The summed E-state index contributed by atoms with van der Waals surface area (Å²) < 4.78 is 6.43. The van der Waals surface area contributed by atoms with Gasteiger partial charge < -0.3 is 10.5 Å². The molecule has 4 heteroatoms. The molecule has 0 saturated heterocycles. The van der Waals surface area contributed by atoms with Crippen LogP contribution in [0.1, 0.15) is 22.7 Å². The first-order chi connectivity index (χ1) is 9.04. The van der Waals surface area contributed by atoms with Crippen LogP contribution in [0.2, 0.25) is 5.02 Å². The summed E-state index contributed by atoms with van der Waals surface area (Å²) in [6.07, 6.45) is 0. The molecular weight excluding hydrogens is 373 g/mol. The lowest BCUT2D eigenvalue weighted by molar-refractivity contribution is 0.414. The quantitative estimate of drug-likeness (QED) is 0.797. The number of nitrogens with two attached hydrogens (primary N) is 1. The van der Waals surface area contributed by atoms with Gasteiger partial charge >= 0.3 is 0 Å². The van der Waals surface area contributed by atoms with E-state index in [1.807, 2.05) is 24.3 Å². The van der Waals surface area contributed by atoms with Crippen LogP contribution >= 0.6 is 34.2 Å². The molecule has 2 nitrogen and oxygen atoms in total. The number of benzene rings is 2. The fourth-order valence-corrected chi connectivity index (χ4v) is 2.85. The second-order valence-corrected chi connectivity index (χ2v) is 5.84. The highest BCUT2D eigenvalue weighted by molar-refractivity contribution is 14.1. The van der Waals surface area contributed by atoms with Gasteiger partial charge in [0.15, 0.2) is 0 Å². The predicted molar refractivity (Wildman–Crippen MR) is 87.9 cm³/mol. The Kier molecular flexibility index (Phi) is 4.71. The van der Waals surface area contributed by atoms with E-state index in [0.717, 1.165) is 11.1 Å². The molecule has 0 fully saturated rings. The maximum atomic E-state index is 6.36. The Hall–Kier alpha value is -0.780. The molecule has 0 heterocycles. The van der Waals surface area contributed by atoms with Gasteiger partial charge in [-0.1, -0.05) is 35.9 Å². The van der Waals surface area contributed by atoms with E-state index >= 15 is 0 Å². The Balaban J connectivity index is 2.44. The van der Waals surface area contributed by atoms with Crippen LogP contribution in [0, 0.1) is 10.5 Å². The lowest BCUT2D eigenvalue weighted by atomic mass is 9.98. The van der Waals surface area contributed by atoms with Crippen LogP contribution in [0.25, 0.3) is 0 Å². The molecule has 1 unspecified atom stereocenters. The van der Waals surface area contributed by atoms with Gasteiger partial charge in [0.05, 0.1) is 18.2 Å². The number of aryl methyl sites for hydroxylation is 1. The summed E-state index contributed by atoms with van der Waals surface area (Å²) in [4.78, 5) is 0. The van der Waals surface area contributed by atoms with Gasteiger partial charge in [0, 0.05) is 3.57 Å². The third kappa shape index (κ3) is 3.04. The SMILES string of the molecule is COc1cc(C(N)c2cccc(C)c2I)ccc1Cl. The van der Waals surface area contributed by atoms with Gasteiger partial charge in [-0.05, 0) is 58.3 Å². The van der Waals surface area contributed by atoms with Crippen molar-refractivity contribution >= 4 is 34.2 Å². The van der Waals surface area contributed by atoms with Crippen molar-refractivity contribution in [2.24, 2.45) is 5.73 Å². The van der Waals surface area contributed by atoms with Gasteiger partial charge in [-0.15, -0.1) is 0 Å². The summed E-state index contributed by atoms with van der Waals surface area (Å²) >= 11 is 8.37. The van der Waals surface area contributed by atoms with E-state index in [2.05, 4.69) is 41.6 Å². The smallest absolute Gasteiger partial charge is 0.137 e. The highest BCUT2D eigenvalue weighted by Crippen LogP contribution is 2.31. The summed E-state index contributed by atoms with van der Waals surface area (Å²) in [5, 5.41) is 0.595. The van der Waals surface area contributed by atoms with E-state index < -0.39 is 0 Å². The molecule has 0 aromatic heterocycles. The van der Waals surface area contributed by atoms with Gasteiger partial charge in [-0.2, -0.15) is 0 Å². The molecule has 0 aliphatic carbocycles. The number of methoxy groups -OCH3 is 1. The van der Waals surface area contributed by atoms with Crippen molar-refractivity contribution < 1.29 is 4.74 Å². The molecule has 0 aliphatic rings. The first-order valence-electron chi connectivity index (χ1n) is 5.88. The van der Waals surface area contributed by atoms with E-state index in [1.54, 1.807) is 7.11 Å². The van der Waals surface area contributed by atoms with Crippen molar-refractivity contribution in [3.8, 4) is 5.75 Å². The molecule has 2 N–H and O–H groups in total. The van der Waals surface area contributed by atoms with Gasteiger partial charge in [-0.3, -0.25) is 0 Å².